The van der Waals surface area contributed by atoms with E-state index in [1.165, 1.54) is 23.4 Å². The fourth-order valence-electron chi connectivity index (χ4n) is 2.13. The Bertz CT molecular complexity index is 470. The lowest BCUT2D eigenvalue weighted by Crippen LogP contribution is -2.42. The van der Waals surface area contributed by atoms with Crippen molar-refractivity contribution < 1.29 is 18.0 Å². The van der Waals surface area contributed by atoms with Crippen LogP contribution in [0.15, 0.2) is 18.5 Å². The van der Waals surface area contributed by atoms with Gasteiger partial charge in [0.05, 0.1) is 16.5 Å². The van der Waals surface area contributed by atoms with Crippen molar-refractivity contribution in [3.05, 3.63) is 29.0 Å². The quantitative estimate of drug-likeness (QED) is 0.796. The van der Waals surface area contributed by atoms with Gasteiger partial charge in [0, 0.05) is 25.5 Å². The molecule has 1 aromatic rings. The minimum Gasteiger partial charge on any atom is -0.339 e. The van der Waals surface area contributed by atoms with Gasteiger partial charge in [0.2, 0.25) is 0 Å². The Morgan fingerprint density at radius 2 is 2.00 bits per heavy atom. The number of likely N-dealkylation sites (tertiary alicyclic amines) is 1. The van der Waals surface area contributed by atoms with E-state index in [1.54, 1.807) is 0 Å². The van der Waals surface area contributed by atoms with E-state index in [2.05, 4.69) is 4.98 Å². The number of carbonyl (C=O) groups excluding carboxylic acids is 1. The van der Waals surface area contributed by atoms with Gasteiger partial charge in [0.15, 0.2) is 0 Å². The lowest BCUT2D eigenvalue weighted by molar-refractivity contribution is -0.183. The maximum absolute atomic E-state index is 12.5. The first kappa shape index (κ1) is 14.1. The maximum Gasteiger partial charge on any atom is 0.391 e. The molecule has 0 aromatic carbocycles. The molecule has 0 unspecified atom stereocenters. The summed E-state index contributed by atoms with van der Waals surface area (Å²) in [4.78, 5) is 17.3. The molecule has 0 bridgehead atoms. The summed E-state index contributed by atoms with van der Waals surface area (Å²) in [7, 11) is 0. The van der Waals surface area contributed by atoms with Gasteiger partial charge in [-0.15, -0.1) is 0 Å². The van der Waals surface area contributed by atoms with Crippen LogP contribution in [0.1, 0.15) is 23.2 Å². The molecule has 2 heterocycles. The van der Waals surface area contributed by atoms with Crippen molar-refractivity contribution in [1.82, 2.24) is 9.88 Å². The fraction of sp³-hybridized carbons (Fsp3) is 0.500. The van der Waals surface area contributed by atoms with Crippen LogP contribution in [0.2, 0.25) is 5.02 Å². The van der Waals surface area contributed by atoms with Crippen molar-refractivity contribution in [1.29, 1.82) is 0 Å². The predicted octanol–water partition coefficient (Wildman–Crippen LogP) is 3.15. The van der Waals surface area contributed by atoms with E-state index in [1.807, 2.05) is 0 Å². The first-order chi connectivity index (χ1) is 8.89. The van der Waals surface area contributed by atoms with Crippen LogP contribution >= 0.6 is 11.6 Å². The summed E-state index contributed by atoms with van der Waals surface area (Å²) in [6, 6.07) is 1.47. The van der Waals surface area contributed by atoms with Crippen LogP contribution in [0.3, 0.4) is 0 Å². The van der Waals surface area contributed by atoms with Crippen molar-refractivity contribution in [2.24, 2.45) is 5.92 Å². The second-order valence-corrected chi connectivity index (χ2v) is 4.87. The summed E-state index contributed by atoms with van der Waals surface area (Å²) in [5, 5.41) is 0.213. The number of amides is 1. The summed E-state index contributed by atoms with van der Waals surface area (Å²) in [5.41, 5.74) is 0.280. The van der Waals surface area contributed by atoms with Gasteiger partial charge in [0.25, 0.3) is 5.91 Å². The van der Waals surface area contributed by atoms with Gasteiger partial charge in [-0.2, -0.15) is 13.2 Å². The van der Waals surface area contributed by atoms with Crippen molar-refractivity contribution in [3.8, 4) is 0 Å². The van der Waals surface area contributed by atoms with Gasteiger partial charge in [-0.05, 0) is 18.9 Å². The molecule has 0 saturated carbocycles. The molecular formula is C12H12ClF3N2O. The Morgan fingerprint density at radius 1 is 1.37 bits per heavy atom. The first-order valence-corrected chi connectivity index (χ1v) is 6.23. The van der Waals surface area contributed by atoms with Gasteiger partial charge in [-0.3, -0.25) is 9.78 Å². The predicted molar refractivity (Wildman–Crippen MR) is 63.9 cm³/mol. The molecular weight excluding hydrogens is 281 g/mol. The number of piperidine rings is 1. The molecule has 0 radical (unpaired) electrons. The number of halogens is 4. The molecule has 0 atom stereocenters. The topological polar surface area (TPSA) is 33.2 Å². The van der Waals surface area contributed by atoms with Crippen LogP contribution in [0.4, 0.5) is 13.2 Å². The van der Waals surface area contributed by atoms with Crippen LogP contribution < -0.4 is 0 Å². The zero-order valence-corrected chi connectivity index (χ0v) is 10.7. The van der Waals surface area contributed by atoms with Gasteiger partial charge in [0.1, 0.15) is 0 Å². The second kappa shape index (κ2) is 5.36. The molecule has 2 rings (SSSR count). The van der Waals surface area contributed by atoms with E-state index in [9.17, 15) is 18.0 Å². The molecule has 19 heavy (non-hydrogen) atoms. The number of pyridine rings is 1. The first-order valence-electron chi connectivity index (χ1n) is 5.85. The highest BCUT2D eigenvalue weighted by Gasteiger charge is 2.41. The molecule has 0 spiro atoms. The lowest BCUT2D eigenvalue weighted by atomic mass is 9.96. The largest absolute Gasteiger partial charge is 0.391 e. The van der Waals surface area contributed by atoms with Gasteiger partial charge >= 0.3 is 6.18 Å². The molecule has 1 amide bonds. The number of rotatable bonds is 1. The lowest BCUT2D eigenvalue weighted by Gasteiger charge is -2.33. The third kappa shape index (κ3) is 3.18. The Labute approximate surface area is 113 Å². The Hall–Kier alpha value is -1.30. The van der Waals surface area contributed by atoms with E-state index in [0.29, 0.717) is 0 Å². The van der Waals surface area contributed by atoms with Crippen LogP contribution in [0, 0.1) is 5.92 Å². The highest BCUT2D eigenvalue weighted by molar-refractivity contribution is 6.33. The number of hydrogen-bond donors (Lipinski definition) is 0. The molecule has 0 aliphatic carbocycles. The number of hydrogen-bond acceptors (Lipinski definition) is 2. The molecule has 1 aliphatic heterocycles. The number of alkyl halides is 3. The van der Waals surface area contributed by atoms with Gasteiger partial charge in [-0.25, -0.2) is 0 Å². The molecule has 104 valence electrons. The summed E-state index contributed by atoms with van der Waals surface area (Å²) in [6.45, 7) is 0.198. The second-order valence-electron chi connectivity index (χ2n) is 4.46. The van der Waals surface area contributed by atoms with Crippen molar-refractivity contribution in [2.45, 2.75) is 19.0 Å². The summed E-state index contributed by atoms with van der Waals surface area (Å²) in [6.07, 6.45) is -1.52. The van der Waals surface area contributed by atoms with Gasteiger partial charge in [-0.1, -0.05) is 11.6 Å². The SMILES string of the molecule is O=C(c1ccncc1Cl)N1CCC(C(F)(F)F)CC1. The smallest absolute Gasteiger partial charge is 0.339 e. The third-order valence-electron chi connectivity index (χ3n) is 3.25. The van der Waals surface area contributed by atoms with E-state index >= 15 is 0 Å². The summed E-state index contributed by atoms with van der Waals surface area (Å²) in [5.74, 6) is -1.66. The Morgan fingerprint density at radius 3 is 2.53 bits per heavy atom. The molecule has 1 saturated heterocycles. The minimum absolute atomic E-state index is 0.0576. The molecule has 3 nitrogen and oxygen atoms in total. The summed E-state index contributed by atoms with van der Waals surface area (Å²) >= 11 is 5.85. The highest BCUT2D eigenvalue weighted by Crippen LogP contribution is 2.34. The maximum atomic E-state index is 12.5. The van der Waals surface area contributed by atoms with Crippen LogP contribution in [0.25, 0.3) is 0 Å². The molecule has 0 N–H and O–H groups in total. The molecule has 1 aliphatic rings. The zero-order chi connectivity index (χ0) is 14.0. The minimum atomic E-state index is -4.18. The standard InChI is InChI=1S/C12H12ClF3N2O/c13-10-7-17-4-1-9(10)11(19)18-5-2-8(3-6-18)12(14,15)16/h1,4,7-8H,2-3,5-6H2. The van der Waals surface area contributed by atoms with E-state index in [-0.39, 0.29) is 42.4 Å². The Balaban J connectivity index is 2.03. The fourth-order valence-corrected chi connectivity index (χ4v) is 2.33. The highest BCUT2D eigenvalue weighted by atomic mass is 35.5. The van der Waals surface area contributed by atoms with Crippen molar-refractivity contribution >= 4 is 17.5 Å². The molecule has 7 heteroatoms. The number of carbonyl (C=O) groups is 1. The number of nitrogens with zero attached hydrogens (tertiary/aromatic N) is 2. The van der Waals surface area contributed by atoms with Crippen molar-refractivity contribution in [2.75, 3.05) is 13.1 Å². The molecule has 1 fully saturated rings. The van der Waals surface area contributed by atoms with E-state index in [0.717, 1.165) is 0 Å². The van der Waals surface area contributed by atoms with Gasteiger partial charge < -0.3 is 4.90 Å². The van der Waals surface area contributed by atoms with E-state index in [4.69, 9.17) is 11.6 Å². The monoisotopic (exact) mass is 292 g/mol. The van der Waals surface area contributed by atoms with Crippen LogP contribution in [-0.2, 0) is 0 Å². The summed E-state index contributed by atoms with van der Waals surface area (Å²) < 4.78 is 37.6. The average molecular weight is 293 g/mol. The third-order valence-corrected chi connectivity index (χ3v) is 3.55. The Kier molecular flexibility index (Phi) is 3.99. The van der Waals surface area contributed by atoms with E-state index < -0.39 is 12.1 Å². The molecule has 1 aromatic heterocycles. The van der Waals surface area contributed by atoms with Crippen molar-refractivity contribution in [3.63, 3.8) is 0 Å². The van der Waals surface area contributed by atoms with Crippen LogP contribution in [-0.4, -0.2) is 35.1 Å². The number of aromatic nitrogens is 1. The zero-order valence-electron chi connectivity index (χ0n) is 9.95. The normalized spacial score (nSPS) is 17.6. The average Bonchev–Trinajstić information content (AvgIpc) is 2.38. The van der Waals surface area contributed by atoms with Crippen LogP contribution in [0.5, 0.6) is 0 Å².